The number of benzene rings is 2. The van der Waals surface area contributed by atoms with E-state index in [1.807, 2.05) is 48.8 Å². The van der Waals surface area contributed by atoms with E-state index in [4.69, 9.17) is 0 Å². The highest BCUT2D eigenvalue weighted by Crippen LogP contribution is 2.42. The average molecular weight is 521 g/mol. The van der Waals surface area contributed by atoms with Gasteiger partial charge in [0.05, 0.1) is 11.6 Å². The summed E-state index contributed by atoms with van der Waals surface area (Å²) in [6.07, 6.45) is 2.55. The molecule has 33 heavy (non-hydrogen) atoms. The monoisotopic (exact) mass is 520 g/mol. The number of carbonyl (C=O) groups excluding carboxylic acids is 2. The fraction of sp³-hybridized carbons (Fsp3) is 0.154. The first-order valence-corrected chi connectivity index (χ1v) is 12.3. The molecule has 2 N–H and O–H groups in total. The van der Waals surface area contributed by atoms with E-state index in [-0.39, 0.29) is 11.3 Å². The Labute approximate surface area is 203 Å². The van der Waals surface area contributed by atoms with Crippen molar-refractivity contribution in [1.29, 1.82) is 0 Å². The van der Waals surface area contributed by atoms with E-state index in [1.54, 1.807) is 29.2 Å². The van der Waals surface area contributed by atoms with Crippen molar-refractivity contribution in [2.24, 2.45) is 0 Å². The van der Waals surface area contributed by atoms with Gasteiger partial charge in [-0.25, -0.2) is 0 Å². The average Bonchev–Trinajstić information content (AvgIpc) is 3.49. The first-order valence-electron chi connectivity index (χ1n) is 10.6. The molecule has 1 unspecified atom stereocenters. The van der Waals surface area contributed by atoms with Crippen molar-refractivity contribution >= 4 is 55.6 Å². The Morgan fingerprint density at radius 1 is 1.12 bits per heavy atom. The number of aromatic amines is 1. The number of Topliss-reactive ketones (excluding diaryl/α,β-unsaturated/α-hetero) is 1. The van der Waals surface area contributed by atoms with Crippen molar-refractivity contribution in [1.82, 2.24) is 9.88 Å². The number of rotatable bonds is 5. The van der Waals surface area contributed by atoms with E-state index < -0.39 is 17.7 Å². The van der Waals surface area contributed by atoms with E-state index in [0.717, 1.165) is 31.4 Å². The molecule has 0 saturated carbocycles. The molecule has 1 atom stereocenters. The smallest absolute Gasteiger partial charge is 0.295 e. The van der Waals surface area contributed by atoms with Crippen LogP contribution in [0.25, 0.3) is 16.7 Å². The number of carbonyl (C=O) groups is 2. The lowest BCUT2D eigenvalue weighted by Crippen LogP contribution is -2.31. The Kier molecular flexibility index (Phi) is 5.68. The Morgan fingerprint density at radius 2 is 1.88 bits per heavy atom. The van der Waals surface area contributed by atoms with Crippen LogP contribution in [0.15, 0.2) is 76.2 Å². The molecule has 1 aliphatic rings. The fourth-order valence-corrected chi connectivity index (χ4v) is 5.70. The summed E-state index contributed by atoms with van der Waals surface area (Å²) >= 11 is 4.88. The maximum absolute atomic E-state index is 13.2. The zero-order chi connectivity index (χ0) is 23.1. The molecule has 1 saturated heterocycles. The predicted molar refractivity (Wildman–Crippen MR) is 134 cm³/mol. The number of aryl methyl sites for hydroxylation is 1. The zero-order valence-electron chi connectivity index (χ0n) is 17.8. The number of aliphatic hydroxyl groups is 1. The molecule has 5 rings (SSSR count). The Balaban J connectivity index is 1.56. The summed E-state index contributed by atoms with van der Waals surface area (Å²) in [7, 11) is 0. The highest BCUT2D eigenvalue weighted by atomic mass is 79.9. The lowest BCUT2D eigenvalue weighted by atomic mass is 9.98. The lowest BCUT2D eigenvalue weighted by Gasteiger charge is -2.25. The van der Waals surface area contributed by atoms with Gasteiger partial charge in [0.25, 0.3) is 11.7 Å². The molecular formula is C26H21BrN2O3S. The number of hydrogen-bond acceptors (Lipinski definition) is 4. The predicted octanol–water partition coefficient (Wildman–Crippen LogP) is 5.96. The highest BCUT2D eigenvalue weighted by molar-refractivity contribution is 9.10. The maximum atomic E-state index is 13.2. The van der Waals surface area contributed by atoms with Gasteiger partial charge in [-0.05, 0) is 54.1 Å². The number of para-hydroxylation sites is 1. The number of H-pyrrole nitrogens is 1. The minimum Gasteiger partial charge on any atom is -0.507 e. The second-order valence-corrected chi connectivity index (χ2v) is 9.94. The third kappa shape index (κ3) is 3.81. The molecule has 4 aromatic rings. The molecule has 3 heterocycles. The van der Waals surface area contributed by atoms with Crippen molar-refractivity contribution in [3.63, 3.8) is 0 Å². The molecule has 5 nitrogen and oxygen atoms in total. The van der Waals surface area contributed by atoms with Gasteiger partial charge in [-0.2, -0.15) is 0 Å². The Hall–Kier alpha value is -3.16. The van der Waals surface area contributed by atoms with Gasteiger partial charge in [-0.3, -0.25) is 9.59 Å². The molecule has 1 aliphatic heterocycles. The third-order valence-corrected chi connectivity index (χ3v) is 7.70. The van der Waals surface area contributed by atoms with Crippen molar-refractivity contribution < 1.29 is 14.7 Å². The number of halogens is 1. The molecule has 0 bridgehead atoms. The number of likely N-dealkylation sites (tertiary alicyclic amines) is 1. The van der Waals surface area contributed by atoms with Crippen molar-refractivity contribution in [2.45, 2.75) is 19.4 Å². The van der Waals surface area contributed by atoms with Crippen LogP contribution in [-0.4, -0.2) is 33.2 Å². The third-order valence-electron chi connectivity index (χ3n) is 6.10. The number of hydrogen-bond donors (Lipinski definition) is 2. The van der Waals surface area contributed by atoms with Crippen LogP contribution in [-0.2, 0) is 16.0 Å². The number of thiophene rings is 1. The van der Waals surface area contributed by atoms with Gasteiger partial charge in [-0.1, -0.05) is 46.3 Å². The van der Waals surface area contributed by atoms with E-state index in [1.165, 1.54) is 11.3 Å². The topological polar surface area (TPSA) is 73.4 Å². The lowest BCUT2D eigenvalue weighted by molar-refractivity contribution is -0.139. The second kappa shape index (κ2) is 8.65. The second-order valence-electron chi connectivity index (χ2n) is 8.08. The molecule has 0 spiro atoms. The Bertz CT molecular complexity index is 1400. The number of aliphatic hydroxyl groups excluding tert-OH is 1. The fourth-order valence-electron chi connectivity index (χ4n) is 4.39. The quantitative estimate of drug-likeness (QED) is 0.193. The van der Waals surface area contributed by atoms with Gasteiger partial charge >= 0.3 is 0 Å². The van der Waals surface area contributed by atoms with Gasteiger partial charge in [0.2, 0.25) is 0 Å². The summed E-state index contributed by atoms with van der Waals surface area (Å²) in [5.41, 5.74) is 3.77. The number of aromatic nitrogens is 1. The van der Waals surface area contributed by atoms with Crippen LogP contribution in [0.4, 0.5) is 0 Å². The normalized spacial score (nSPS) is 17.9. The zero-order valence-corrected chi connectivity index (χ0v) is 20.2. The molecule has 1 amide bonds. The van der Waals surface area contributed by atoms with Crippen molar-refractivity contribution in [3.05, 3.63) is 97.8 Å². The largest absolute Gasteiger partial charge is 0.507 e. The van der Waals surface area contributed by atoms with E-state index in [0.29, 0.717) is 18.5 Å². The van der Waals surface area contributed by atoms with Gasteiger partial charge in [-0.15, -0.1) is 11.3 Å². The molecule has 2 aromatic heterocycles. The van der Waals surface area contributed by atoms with Crippen LogP contribution < -0.4 is 0 Å². The van der Waals surface area contributed by atoms with Crippen molar-refractivity contribution in [2.75, 3.05) is 6.54 Å². The van der Waals surface area contributed by atoms with Crippen LogP contribution in [0.2, 0.25) is 0 Å². The number of amides is 1. The minimum absolute atomic E-state index is 0.145. The first kappa shape index (κ1) is 21.7. The summed E-state index contributed by atoms with van der Waals surface area (Å²) in [5, 5.41) is 14.2. The number of nitrogens with zero attached hydrogens (tertiary/aromatic N) is 1. The van der Waals surface area contributed by atoms with E-state index in [9.17, 15) is 14.7 Å². The SMILES string of the molecule is Cc1ccsc1C1/C(=C(/O)c2ccc(Br)cc2)C(=O)C(=O)N1CCc1c[nH]c2ccccc12. The molecule has 2 aromatic carbocycles. The van der Waals surface area contributed by atoms with Crippen LogP contribution >= 0.6 is 27.3 Å². The molecule has 166 valence electrons. The molecule has 7 heteroatoms. The van der Waals surface area contributed by atoms with Gasteiger partial charge < -0.3 is 15.0 Å². The molecular weight excluding hydrogens is 500 g/mol. The Morgan fingerprint density at radius 3 is 2.61 bits per heavy atom. The standard InChI is InChI=1S/C26H21BrN2O3S/c1-15-11-13-33-25(15)22-21(23(30)16-6-8-18(27)9-7-16)24(31)26(32)29(22)12-10-17-14-28-20-5-3-2-4-19(17)20/h2-9,11,13-14,22,28,30H,10,12H2,1H3/b23-21-. The summed E-state index contributed by atoms with van der Waals surface area (Å²) in [6, 6.07) is 16.4. The first-order chi connectivity index (χ1) is 16.0. The van der Waals surface area contributed by atoms with Crippen LogP contribution in [0.3, 0.4) is 0 Å². The summed E-state index contributed by atoms with van der Waals surface area (Å²) in [6.45, 7) is 2.33. The van der Waals surface area contributed by atoms with E-state index >= 15 is 0 Å². The molecule has 1 fully saturated rings. The van der Waals surface area contributed by atoms with Crippen LogP contribution in [0.5, 0.6) is 0 Å². The highest BCUT2D eigenvalue weighted by Gasteiger charge is 2.46. The minimum atomic E-state index is -0.646. The van der Waals surface area contributed by atoms with Crippen LogP contribution in [0, 0.1) is 6.92 Å². The number of nitrogens with one attached hydrogen (secondary N) is 1. The van der Waals surface area contributed by atoms with Crippen molar-refractivity contribution in [3.8, 4) is 0 Å². The van der Waals surface area contributed by atoms with Crippen LogP contribution in [0.1, 0.15) is 27.6 Å². The van der Waals surface area contributed by atoms with Gasteiger partial charge in [0.15, 0.2) is 0 Å². The van der Waals surface area contributed by atoms with Gasteiger partial charge in [0, 0.05) is 38.6 Å². The number of ketones is 1. The summed E-state index contributed by atoms with van der Waals surface area (Å²) in [4.78, 5) is 32.1. The summed E-state index contributed by atoms with van der Waals surface area (Å²) < 4.78 is 0.865. The summed E-state index contributed by atoms with van der Waals surface area (Å²) in [5.74, 6) is -1.37. The van der Waals surface area contributed by atoms with Gasteiger partial charge in [0.1, 0.15) is 5.76 Å². The van der Waals surface area contributed by atoms with E-state index in [2.05, 4.69) is 20.9 Å². The molecule has 0 radical (unpaired) electrons. The number of fused-ring (bicyclic) bond motifs is 1. The maximum Gasteiger partial charge on any atom is 0.295 e. The molecule has 0 aliphatic carbocycles.